The van der Waals surface area contributed by atoms with Crippen LogP contribution in [0.4, 0.5) is 13.8 Å². The number of amides is 1. The van der Waals surface area contributed by atoms with Crippen molar-refractivity contribution in [3.63, 3.8) is 0 Å². The summed E-state index contributed by atoms with van der Waals surface area (Å²) in [4.78, 5) is 13.6. The second kappa shape index (κ2) is 7.19. The van der Waals surface area contributed by atoms with Crippen molar-refractivity contribution >= 4 is 22.2 Å². The summed E-state index contributed by atoms with van der Waals surface area (Å²) in [5.41, 5.74) is 1.73. The number of rotatable bonds is 4. The van der Waals surface area contributed by atoms with Crippen molar-refractivity contribution in [1.82, 2.24) is 0 Å². The average molecular weight is 362 g/mol. The summed E-state index contributed by atoms with van der Waals surface area (Å²) in [5.74, 6) is 0.0229. The third-order valence-corrected chi connectivity index (χ3v) is 5.34. The highest BCUT2D eigenvalue weighted by molar-refractivity contribution is 7.16. The van der Waals surface area contributed by atoms with Crippen LogP contribution in [0.15, 0.2) is 24.3 Å². The number of benzene rings is 1. The zero-order valence-corrected chi connectivity index (χ0v) is 14.3. The van der Waals surface area contributed by atoms with E-state index in [0.29, 0.717) is 16.5 Å². The standard InChI is InChI=1S/C18H16F2N2O2S/c1-10-5-6-13-14(9-21)17(25-15(13)7-10)22-16(23)11-3-2-4-12(8-11)24-18(19)20/h2-4,8,10,18H,5-7H2,1H3,(H,22,23)/t10-/m0/s1. The van der Waals surface area contributed by atoms with E-state index in [1.807, 2.05) is 0 Å². The molecule has 1 aliphatic carbocycles. The number of nitrogens with one attached hydrogen (secondary N) is 1. The molecule has 0 fully saturated rings. The van der Waals surface area contributed by atoms with Crippen molar-refractivity contribution in [2.75, 3.05) is 5.32 Å². The van der Waals surface area contributed by atoms with Crippen LogP contribution in [0.25, 0.3) is 0 Å². The Balaban J connectivity index is 1.83. The Kier molecular flexibility index (Phi) is 5.00. The van der Waals surface area contributed by atoms with Crippen molar-refractivity contribution in [2.24, 2.45) is 5.92 Å². The molecule has 2 aromatic rings. The highest BCUT2D eigenvalue weighted by atomic mass is 32.1. The topological polar surface area (TPSA) is 62.1 Å². The van der Waals surface area contributed by atoms with Crippen LogP contribution in [-0.4, -0.2) is 12.5 Å². The number of ether oxygens (including phenoxy) is 1. The first-order valence-electron chi connectivity index (χ1n) is 7.88. The number of alkyl halides is 2. The number of nitriles is 1. The van der Waals surface area contributed by atoms with Crippen LogP contribution >= 0.6 is 11.3 Å². The van der Waals surface area contributed by atoms with Gasteiger partial charge in [0, 0.05) is 10.4 Å². The van der Waals surface area contributed by atoms with Gasteiger partial charge in [0.25, 0.3) is 5.91 Å². The molecule has 0 saturated carbocycles. The number of halogens is 2. The maximum absolute atomic E-state index is 12.4. The van der Waals surface area contributed by atoms with Gasteiger partial charge in [-0.25, -0.2) is 0 Å². The smallest absolute Gasteiger partial charge is 0.387 e. The van der Waals surface area contributed by atoms with Gasteiger partial charge < -0.3 is 10.1 Å². The highest BCUT2D eigenvalue weighted by Crippen LogP contribution is 2.39. The van der Waals surface area contributed by atoms with E-state index in [2.05, 4.69) is 23.0 Å². The van der Waals surface area contributed by atoms with Crippen LogP contribution in [0.1, 0.15) is 39.7 Å². The second-order valence-corrected chi connectivity index (χ2v) is 7.13. The fourth-order valence-electron chi connectivity index (χ4n) is 2.95. The molecule has 0 saturated heterocycles. The summed E-state index contributed by atoms with van der Waals surface area (Å²) in [6, 6.07) is 7.77. The molecule has 130 valence electrons. The molecule has 0 aliphatic heterocycles. The van der Waals surface area contributed by atoms with Gasteiger partial charge in [-0.3, -0.25) is 4.79 Å². The molecule has 25 heavy (non-hydrogen) atoms. The molecular weight excluding hydrogens is 346 g/mol. The molecule has 1 heterocycles. The number of hydrogen-bond donors (Lipinski definition) is 1. The van der Waals surface area contributed by atoms with E-state index >= 15 is 0 Å². The molecule has 1 aliphatic rings. The molecule has 0 bridgehead atoms. The van der Waals surface area contributed by atoms with Crippen LogP contribution in [-0.2, 0) is 12.8 Å². The largest absolute Gasteiger partial charge is 0.435 e. The van der Waals surface area contributed by atoms with Crippen molar-refractivity contribution in [1.29, 1.82) is 5.26 Å². The van der Waals surface area contributed by atoms with Gasteiger partial charge in [-0.1, -0.05) is 13.0 Å². The summed E-state index contributed by atoms with van der Waals surface area (Å²) in [7, 11) is 0. The average Bonchev–Trinajstić information content (AvgIpc) is 2.90. The number of thiophene rings is 1. The van der Waals surface area contributed by atoms with Gasteiger partial charge in [0.1, 0.15) is 16.8 Å². The number of hydrogen-bond acceptors (Lipinski definition) is 4. The Labute approximate surface area is 148 Å². The normalized spacial score (nSPS) is 16.2. The van der Waals surface area contributed by atoms with E-state index in [9.17, 15) is 18.8 Å². The van der Waals surface area contributed by atoms with Crippen molar-refractivity contribution in [2.45, 2.75) is 32.8 Å². The molecule has 1 N–H and O–H groups in total. The number of carbonyl (C=O) groups excluding carboxylic acids is 1. The Hall–Kier alpha value is -2.46. The lowest BCUT2D eigenvalue weighted by molar-refractivity contribution is -0.0498. The Bertz CT molecular complexity index is 842. The lowest BCUT2D eigenvalue weighted by Gasteiger charge is -2.17. The van der Waals surface area contributed by atoms with Gasteiger partial charge in [0.2, 0.25) is 0 Å². The molecule has 1 aromatic heterocycles. The van der Waals surface area contributed by atoms with E-state index in [-0.39, 0.29) is 11.3 Å². The summed E-state index contributed by atoms with van der Waals surface area (Å²) in [5, 5.41) is 12.7. The molecular formula is C18H16F2N2O2S. The van der Waals surface area contributed by atoms with Crippen LogP contribution in [0, 0.1) is 17.2 Å². The van der Waals surface area contributed by atoms with Crippen molar-refractivity contribution < 1.29 is 18.3 Å². The monoisotopic (exact) mass is 362 g/mol. The van der Waals surface area contributed by atoms with Gasteiger partial charge in [-0.2, -0.15) is 14.0 Å². The van der Waals surface area contributed by atoms with Crippen LogP contribution in [0.5, 0.6) is 5.75 Å². The van der Waals surface area contributed by atoms with Crippen molar-refractivity contribution in [3.05, 3.63) is 45.8 Å². The highest BCUT2D eigenvalue weighted by Gasteiger charge is 2.25. The Morgan fingerprint density at radius 2 is 2.28 bits per heavy atom. The minimum atomic E-state index is -2.95. The number of carbonyl (C=O) groups is 1. The van der Waals surface area contributed by atoms with E-state index in [1.165, 1.54) is 35.6 Å². The molecule has 1 amide bonds. The lowest BCUT2D eigenvalue weighted by atomic mass is 9.88. The van der Waals surface area contributed by atoms with E-state index in [1.54, 1.807) is 0 Å². The number of nitrogens with zero attached hydrogens (tertiary/aromatic N) is 1. The molecule has 0 spiro atoms. The molecule has 0 unspecified atom stereocenters. The summed E-state index contributed by atoms with van der Waals surface area (Å²) in [6.07, 6.45) is 2.77. The zero-order valence-electron chi connectivity index (χ0n) is 13.5. The minimum absolute atomic E-state index is 0.0811. The quantitative estimate of drug-likeness (QED) is 0.865. The third-order valence-electron chi connectivity index (χ3n) is 4.17. The van der Waals surface area contributed by atoms with Gasteiger partial charge in [-0.05, 0) is 48.9 Å². The maximum Gasteiger partial charge on any atom is 0.387 e. The first-order valence-corrected chi connectivity index (χ1v) is 8.70. The molecule has 0 radical (unpaired) electrons. The van der Waals surface area contributed by atoms with Crippen molar-refractivity contribution in [3.8, 4) is 11.8 Å². The molecule has 4 nitrogen and oxygen atoms in total. The van der Waals surface area contributed by atoms with E-state index in [4.69, 9.17) is 0 Å². The van der Waals surface area contributed by atoms with Crippen LogP contribution < -0.4 is 10.1 Å². The summed E-state index contributed by atoms with van der Waals surface area (Å²) < 4.78 is 28.9. The van der Waals surface area contributed by atoms with Gasteiger partial charge in [0.15, 0.2) is 0 Å². The molecule has 1 atom stereocenters. The lowest BCUT2D eigenvalue weighted by Crippen LogP contribution is -2.12. The second-order valence-electron chi connectivity index (χ2n) is 6.03. The van der Waals surface area contributed by atoms with Gasteiger partial charge >= 0.3 is 6.61 Å². The fourth-order valence-corrected chi connectivity index (χ4v) is 4.30. The first-order chi connectivity index (χ1) is 12.0. The summed E-state index contributed by atoms with van der Waals surface area (Å²) in [6.45, 7) is -0.781. The zero-order chi connectivity index (χ0) is 18.0. The molecule has 3 rings (SSSR count). The Morgan fingerprint density at radius 1 is 1.48 bits per heavy atom. The van der Waals surface area contributed by atoms with Gasteiger partial charge in [-0.15, -0.1) is 11.3 Å². The summed E-state index contributed by atoms with van der Waals surface area (Å²) >= 11 is 1.42. The molecule has 1 aromatic carbocycles. The predicted octanol–water partition coefficient (Wildman–Crippen LogP) is 4.60. The number of anilines is 1. The Morgan fingerprint density at radius 3 is 3.00 bits per heavy atom. The van der Waals surface area contributed by atoms with Gasteiger partial charge in [0.05, 0.1) is 5.56 Å². The van der Waals surface area contributed by atoms with Crippen LogP contribution in [0.2, 0.25) is 0 Å². The maximum atomic E-state index is 12.4. The fraction of sp³-hybridized carbons (Fsp3) is 0.333. The van der Waals surface area contributed by atoms with Crippen LogP contribution in [0.3, 0.4) is 0 Å². The third kappa shape index (κ3) is 3.80. The minimum Gasteiger partial charge on any atom is -0.435 e. The predicted molar refractivity (Wildman–Crippen MR) is 91.3 cm³/mol. The SMILES string of the molecule is C[C@H]1CCc2c(sc(NC(=O)c3cccc(OC(F)F)c3)c2C#N)C1. The molecule has 7 heteroatoms. The first kappa shape index (κ1) is 17.4. The number of fused-ring (bicyclic) bond motifs is 1. The van der Waals surface area contributed by atoms with E-state index in [0.717, 1.165) is 29.7 Å². The van der Waals surface area contributed by atoms with E-state index < -0.39 is 12.5 Å².